The maximum Gasteiger partial charge on any atom is 0.231 e. The van der Waals surface area contributed by atoms with Gasteiger partial charge in [0.05, 0.1) is 4.47 Å². The number of hydrogen-bond acceptors (Lipinski definition) is 3. The van der Waals surface area contributed by atoms with Crippen molar-refractivity contribution in [1.29, 1.82) is 0 Å². The number of hydrogen-bond donors (Lipinski definition) is 1. The van der Waals surface area contributed by atoms with E-state index in [2.05, 4.69) is 21.2 Å². The molecule has 0 radical (unpaired) electrons. The summed E-state index contributed by atoms with van der Waals surface area (Å²) in [7, 11) is 0. The van der Waals surface area contributed by atoms with Gasteiger partial charge < -0.3 is 14.8 Å². The molecule has 1 N–H and O–H groups in total. The molecule has 2 heterocycles. The predicted octanol–water partition coefficient (Wildman–Crippen LogP) is 2.74. The number of fused-ring (bicyclic) bond motifs is 1. The first-order valence-corrected chi connectivity index (χ1v) is 6.07. The third-order valence-electron chi connectivity index (χ3n) is 3.01. The van der Waals surface area contributed by atoms with E-state index in [0.29, 0.717) is 21.5 Å². The molecule has 1 aromatic carbocycles. The van der Waals surface area contributed by atoms with Gasteiger partial charge >= 0.3 is 0 Å². The topological polar surface area (TPSA) is 30.5 Å². The van der Waals surface area contributed by atoms with Crippen molar-refractivity contribution in [3.05, 3.63) is 21.9 Å². The molecule has 0 amide bonds. The molecule has 2 aliphatic rings. The van der Waals surface area contributed by atoms with E-state index in [4.69, 9.17) is 9.47 Å². The lowest BCUT2D eigenvalue weighted by Gasteiger charge is -2.13. The van der Waals surface area contributed by atoms with Crippen LogP contribution in [0.15, 0.2) is 10.5 Å². The van der Waals surface area contributed by atoms with Gasteiger partial charge in [-0.1, -0.05) is 0 Å². The van der Waals surface area contributed by atoms with Crippen molar-refractivity contribution < 1.29 is 13.9 Å². The smallest absolute Gasteiger partial charge is 0.231 e. The minimum absolute atomic E-state index is 0.0887. The SMILES string of the molecule is Fc1c(C2CCCN2)cc2c(c1Br)OCO2. The zero-order valence-electron chi connectivity index (χ0n) is 8.56. The highest BCUT2D eigenvalue weighted by Gasteiger charge is 2.27. The summed E-state index contributed by atoms with van der Waals surface area (Å²) in [4.78, 5) is 0. The normalized spacial score (nSPS) is 22.8. The number of rotatable bonds is 1. The van der Waals surface area contributed by atoms with Gasteiger partial charge in [0.2, 0.25) is 6.79 Å². The second-order valence-electron chi connectivity index (χ2n) is 3.98. The Labute approximate surface area is 101 Å². The highest BCUT2D eigenvalue weighted by atomic mass is 79.9. The summed E-state index contributed by atoms with van der Waals surface area (Å²) in [6.45, 7) is 1.10. The summed E-state index contributed by atoms with van der Waals surface area (Å²) in [5, 5.41) is 3.27. The second kappa shape index (κ2) is 3.89. The Morgan fingerprint density at radius 2 is 2.31 bits per heavy atom. The van der Waals surface area contributed by atoms with Gasteiger partial charge in [0.15, 0.2) is 11.5 Å². The quantitative estimate of drug-likeness (QED) is 0.862. The summed E-state index contributed by atoms with van der Waals surface area (Å²) < 4.78 is 24.9. The van der Waals surface area contributed by atoms with Crippen LogP contribution < -0.4 is 14.8 Å². The van der Waals surface area contributed by atoms with Crippen molar-refractivity contribution in [2.24, 2.45) is 0 Å². The summed E-state index contributed by atoms with van der Waals surface area (Å²) in [6.07, 6.45) is 2.04. The van der Waals surface area contributed by atoms with E-state index in [0.717, 1.165) is 19.4 Å². The van der Waals surface area contributed by atoms with E-state index in [-0.39, 0.29) is 18.7 Å². The molecule has 1 fully saturated rings. The third-order valence-corrected chi connectivity index (χ3v) is 3.72. The predicted molar refractivity (Wildman–Crippen MR) is 60.2 cm³/mol. The van der Waals surface area contributed by atoms with Gasteiger partial charge in [-0.15, -0.1) is 0 Å². The lowest BCUT2D eigenvalue weighted by molar-refractivity contribution is 0.173. The van der Waals surface area contributed by atoms with Crippen LogP contribution in [0.5, 0.6) is 11.5 Å². The number of ether oxygens (including phenoxy) is 2. The molecule has 16 heavy (non-hydrogen) atoms. The Hall–Kier alpha value is -0.810. The minimum atomic E-state index is -0.247. The molecular formula is C11H11BrFNO2. The number of nitrogens with one attached hydrogen (secondary N) is 1. The fourth-order valence-corrected chi connectivity index (χ4v) is 2.74. The molecule has 3 rings (SSSR count). The van der Waals surface area contributed by atoms with E-state index in [1.165, 1.54) is 0 Å². The molecule has 3 nitrogen and oxygen atoms in total. The first kappa shape index (κ1) is 10.4. The Balaban J connectivity index is 2.08. The monoisotopic (exact) mass is 287 g/mol. The fourth-order valence-electron chi connectivity index (χ4n) is 2.20. The number of benzene rings is 1. The standard InChI is InChI=1S/C11H11BrFNO2/c12-9-10(13)6(7-2-1-3-14-7)4-8-11(9)16-5-15-8/h4,7,14H,1-3,5H2. The summed E-state index contributed by atoms with van der Waals surface area (Å²) in [6, 6.07) is 1.83. The molecule has 1 atom stereocenters. The lowest BCUT2D eigenvalue weighted by Crippen LogP contribution is -2.14. The highest BCUT2D eigenvalue weighted by Crippen LogP contribution is 2.44. The van der Waals surface area contributed by atoms with E-state index < -0.39 is 0 Å². The zero-order valence-corrected chi connectivity index (χ0v) is 10.1. The zero-order chi connectivity index (χ0) is 11.1. The molecule has 86 valence electrons. The van der Waals surface area contributed by atoms with Crippen LogP contribution in [0.1, 0.15) is 24.4 Å². The Morgan fingerprint density at radius 1 is 1.44 bits per heavy atom. The maximum absolute atomic E-state index is 14.1. The van der Waals surface area contributed by atoms with Crippen LogP contribution in [0.3, 0.4) is 0 Å². The van der Waals surface area contributed by atoms with Crippen molar-refractivity contribution in [2.75, 3.05) is 13.3 Å². The minimum Gasteiger partial charge on any atom is -0.454 e. The van der Waals surface area contributed by atoms with Crippen LogP contribution in [0.25, 0.3) is 0 Å². The van der Waals surface area contributed by atoms with Crippen molar-refractivity contribution in [2.45, 2.75) is 18.9 Å². The van der Waals surface area contributed by atoms with Gasteiger partial charge in [-0.05, 0) is 41.4 Å². The van der Waals surface area contributed by atoms with Crippen LogP contribution in [-0.2, 0) is 0 Å². The molecule has 0 aromatic heterocycles. The second-order valence-corrected chi connectivity index (χ2v) is 4.77. The van der Waals surface area contributed by atoms with Crippen molar-refractivity contribution in [3.8, 4) is 11.5 Å². The molecule has 5 heteroatoms. The summed E-state index contributed by atoms with van der Waals surface area (Å²) in [5.74, 6) is 0.847. The van der Waals surface area contributed by atoms with Crippen LogP contribution in [-0.4, -0.2) is 13.3 Å². The number of halogens is 2. The molecular weight excluding hydrogens is 277 g/mol. The Bertz CT molecular complexity index is 432. The Morgan fingerprint density at radius 3 is 3.06 bits per heavy atom. The molecule has 0 saturated carbocycles. The molecule has 0 spiro atoms. The summed E-state index contributed by atoms with van der Waals surface area (Å²) >= 11 is 3.22. The van der Waals surface area contributed by atoms with Crippen molar-refractivity contribution in [3.63, 3.8) is 0 Å². The fraction of sp³-hybridized carbons (Fsp3) is 0.455. The van der Waals surface area contributed by atoms with Gasteiger partial charge in [-0.25, -0.2) is 4.39 Å². The molecule has 1 aromatic rings. The van der Waals surface area contributed by atoms with Crippen LogP contribution in [0.2, 0.25) is 0 Å². The van der Waals surface area contributed by atoms with Crippen LogP contribution >= 0.6 is 15.9 Å². The molecule has 0 aliphatic carbocycles. The largest absolute Gasteiger partial charge is 0.454 e. The maximum atomic E-state index is 14.1. The van der Waals surface area contributed by atoms with Crippen LogP contribution in [0.4, 0.5) is 4.39 Å². The van der Waals surface area contributed by atoms with Gasteiger partial charge in [0.1, 0.15) is 5.82 Å². The van der Waals surface area contributed by atoms with Gasteiger partial charge in [0.25, 0.3) is 0 Å². The van der Waals surface area contributed by atoms with E-state index in [1.54, 1.807) is 6.07 Å². The van der Waals surface area contributed by atoms with Gasteiger partial charge in [0, 0.05) is 11.6 Å². The van der Waals surface area contributed by atoms with E-state index >= 15 is 0 Å². The first-order chi connectivity index (χ1) is 7.77. The average Bonchev–Trinajstić information content (AvgIpc) is 2.92. The first-order valence-electron chi connectivity index (χ1n) is 5.28. The average molecular weight is 288 g/mol. The third kappa shape index (κ3) is 1.50. The molecule has 1 saturated heterocycles. The van der Waals surface area contributed by atoms with Crippen molar-refractivity contribution >= 4 is 15.9 Å². The van der Waals surface area contributed by atoms with Gasteiger partial charge in [-0.2, -0.15) is 0 Å². The molecule has 1 unspecified atom stereocenters. The Kier molecular flexibility index (Phi) is 2.52. The lowest BCUT2D eigenvalue weighted by atomic mass is 10.0. The summed E-state index contributed by atoms with van der Waals surface area (Å²) in [5.41, 5.74) is 0.661. The van der Waals surface area contributed by atoms with E-state index in [9.17, 15) is 4.39 Å². The molecule has 2 aliphatic heterocycles. The van der Waals surface area contributed by atoms with E-state index in [1.807, 2.05) is 0 Å². The van der Waals surface area contributed by atoms with Crippen molar-refractivity contribution in [1.82, 2.24) is 5.32 Å². The molecule has 0 bridgehead atoms. The van der Waals surface area contributed by atoms with Crippen LogP contribution in [0, 0.1) is 5.82 Å². The van der Waals surface area contributed by atoms with Gasteiger partial charge in [-0.3, -0.25) is 0 Å². The highest BCUT2D eigenvalue weighted by molar-refractivity contribution is 9.10.